The average molecular weight is 1650 g/mol. The predicted molar refractivity (Wildman–Crippen MR) is 526 cm³/mol. The second-order valence-electron chi connectivity index (χ2n) is 36.5. The van der Waals surface area contributed by atoms with E-state index in [0.717, 1.165) is 27.6 Å². The monoisotopic (exact) mass is 1640 g/mol. The van der Waals surface area contributed by atoms with E-state index in [9.17, 15) is 0 Å². The molecule has 0 radical (unpaired) electrons. The molecule has 128 heavy (non-hydrogen) atoms. The van der Waals surface area contributed by atoms with Crippen molar-refractivity contribution in [1.29, 1.82) is 0 Å². The van der Waals surface area contributed by atoms with Gasteiger partial charge in [0, 0.05) is 120 Å². The maximum Gasteiger partial charge on any atom is 0.234 e. The third kappa shape index (κ3) is 10.6. The van der Waals surface area contributed by atoms with Crippen molar-refractivity contribution >= 4 is 130 Å². The van der Waals surface area contributed by atoms with Gasteiger partial charge in [0.2, 0.25) is 23.8 Å². The first-order valence-electron chi connectivity index (χ1n) is 44.1. The Morgan fingerprint density at radius 1 is 0.188 bits per heavy atom. The molecule has 12 heteroatoms. The number of aromatic nitrogens is 12. The van der Waals surface area contributed by atoms with Gasteiger partial charge in [0.1, 0.15) is 0 Å². The summed E-state index contributed by atoms with van der Waals surface area (Å²) in [7, 11) is 0. The third-order valence-corrected chi connectivity index (χ3v) is 28.3. The summed E-state index contributed by atoms with van der Waals surface area (Å²) in [5.74, 6) is 2.83. The maximum atomic E-state index is 4.68. The Morgan fingerprint density at radius 3 is 1.16 bits per heavy atom. The highest BCUT2D eigenvalue weighted by atomic mass is 15.2. The Labute approximate surface area is 738 Å². The van der Waals surface area contributed by atoms with Crippen molar-refractivity contribution in [2.45, 2.75) is 77.0 Å². The van der Waals surface area contributed by atoms with Gasteiger partial charge in [-0.25, -0.2) is 39.9 Å². The Hall–Kier alpha value is -15.9. The van der Waals surface area contributed by atoms with E-state index in [1.807, 2.05) is 73.8 Å². The van der Waals surface area contributed by atoms with Crippen LogP contribution in [-0.4, -0.2) is 58.1 Å². The third-order valence-electron chi connectivity index (χ3n) is 28.3. The fourth-order valence-electron chi connectivity index (χ4n) is 22.9. The molecule has 0 amide bonds. The largest absolute Gasteiger partial charge is 0.278 e. The standard InChI is InChI=1S/4C29H21N3/c1-29(2)22-14-7-5-12-20(22)24-18-10-3-4-11-19(18)27-25(26(24)29)21-13-6-8-15-23(21)32(27)28-30-16-9-17-31-28;1-29(2)22-14-7-5-12-20(22)24-18-10-3-4-11-19(18)25-21-13-6-8-15-23(21)32(27(25)26(24)29)28-30-16-9-17-31-28;1-29(2)23-11-6-5-10-20(23)21-13-14-22-25-19-9-4-3-8-18(19)12-15-24(25)32(27(22)26(21)29)28-30-16-7-17-31-28;1-29(2)24-11-6-5-10-20(24)21-17-27-23(16-25(21)29)22-14-18-8-3-4-9-19(18)15-26(22)32(27)28-30-12-7-13-31-28/h4*3-17H,1-2H3. The number of para-hydroxylation sites is 2. The normalized spacial score (nSPS) is 14.2. The van der Waals surface area contributed by atoms with E-state index in [-0.39, 0.29) is 21.7 Å². The fraction of sp³-hybridized carbons (Fsp3) is 0.103. The Kier molecular flexibility index (Phi) is 16.2. The molecular weight excluding hydrogens is 1560 g/mol. The van der Waals surface area contributed by atoms with Crippen LogP contribution in [0, 0.1) is 0 Å². The van der Waals surface area contributed by atoms with Crippen LogP contribution in [0.15, 0.2) is 365 Å². The number of rotatable bonds is 4. The molecule has 0 unspecified atom stereocenters. The molecule has 0 saturated carbocycles. The molecule has 8 aromatic heterocycles. The quantitative estimate of drug-likeness (QED) is 0.171. The highest BCUT2D eigenvalue weighted by Gasteiger charge is 2.44. The Morgan fingerprint density at radius 2 is 0.578 bits per heavy atom. The molecule has 0 aliphatic heterocycles. The summed E-state index contributed by atoms with van der Waals surface area (Å²) in [4.78, 5) is 37.2. The minimum atomic E-state index is -0.144. The topological polar surface area (TPSA) is 123 Å². The zero-order valence-corrected chi connectivity index (χ0v) is 72.0. The van der Waals surface area contributed by atoms with Gasteiger partial charge in [0.25, 0.3) is 0 Å². The summed E-state index contributed by atoms with van der Waals surface area (Å²) in [5.41, 5.74) is 30.6. The molecule has 16 aromatic carbocycles. The molecule has 0 fully saturated rings. The van der Waals surface area contributed by atoms with Crippen molar-refractivity contribution < 1.29 is 0 Å². The summed E-state index contributed by atoms with van der Waals surface area (Å²) in [6.07, 6.45) is 14.6. The van der Waals surface area contributed by atoms with Crippen LogP contribution in [0.4, 0.5) is 0 Å². The lowest BCUT2D eigenvalue weighted by Crippen LogP contribution is -2.17. The molecule has 0 atom stereocenters. The van der Waals surface area contributed by atoms with Crippen molar-refractivity contribution in [1.82, 2.24) is 58.1 Å². The predicted octanol–water partition coefficient (Wildman–Crippen LogP) is 28.1. The number of nitrogens with zero attached hydrogens (tertiary/aromatic N) is 12. The lowest BCUT2D eigenvalue weighted by molar-refractivity contribution is 0.661. The first-order valence-corrected chi connectivity index (χ1v) is 44.1. The van der Waals surface area contributed by atoms with Crippen LogP contribution in [0.3, 0.4) is 0 Å². The molecule has 28 rings (SSSR count). The van der Waals surface area contributed by atoms with Gasteiger partial charge in [-0.15, -0.1) is 0 Å². The minimum absolute atomic E-state index is 0.0331. The molecule has 0 bridgehead atoms. The van der Waals surface area contributed by atoms with Gasteiger partial charge >= 0.3 is 0 Å². The summed E-state index contributed by atoms with van der Waals surface area (Å²) in [6, 6.07) is 113. The van der Waals surface area contributed by atoms with Crippen LogP contribution in [-0.2, 0) is 21.7 Å². The number of fused-ring (bicyclic) bond motifs is 36. The number of benzene rings is 16. The van der Waals surface area contributed by atoms with Crippen molar-refractivity contribution in [3.05, 3.63) is 410 Å². The highest BCUT2D eigenvalue weighted by Crippen LogP contribution is 2.60. The van der Waals surface area contributed by atoms with Gasteiger partial charge in [-0.1, -0.05) is 304 Å². The SMILES string of the molecule is CC1(C)c2ccccc2-c2c1c1c(c3ccccc23)c2ccccc2n1-c1ncccn1.CC1(C)c2ccccc2-c2c1c1c3ccccc3n(-c3ncccn3)c1c1ccccc21.CC1(C)c2ccccc2-c2cc3c(cc21)c1cc2ccccc2cc1n3-c1ncccn1.CC1(C)c2ccccc2-c2ccc3c4c5ccccc5ccc4n(-c4ncccn4)c3c21. The summed E-state index contributed by atoms with van der Waals surface area (Å²) in [6.45, 7) is 18.7. The molecule has 0 saturated heterocycles. The minimum Gasteiger partial charge on any atom is -0.278 e. The molecule has 8 heterocycles. The van der Waals surface area contributed by atoms with E-state index >= 15 is 0 Å². The van der Waals surface area contributed by atoms with Crippen molar-refractivity contribution in [3.8, 4) is 68.3 Å². The van der Waals surface area contributed by atoms with E-state index in [2.05, 4.69) is 405 Å². The van der Waals surface area contributed by atoms with E-state index in [4.69, 9.17) is 0 Å². The van der Waals surface area contributed by atoms with Crippen LogP contribution >= 0.6 is 0 Å². The fourth-order valence-corrected chi connectivity index (χ4v) is 22.9. The average Bonchev–Trinajstić information content (AvgIpc) is 1.41. The molecule has 24 aromatic rings. The van der Waals surface area contributed by atoms with Gasteiger partial charge in [-0.2, -0.15) is 0 Å². The maximum absolute atomic E-state index is 4.68. The first kappa shape index (κ1) is 74.7. The summed E-state index contributed by atoms with van der Waals surface area (Å²) < 4.78 is 8.99. The molecule has 0 N–H and O–H groups in total. The number of hydrogen-bond acceptors (Lipinski definition) is 8. The Balaban J connectivity index is 0.0000000926. The smallest absolute Gasteiger partial charge is 0.234 e. The molecule has 0 spiro atoms. The van der Waals surface area contributed by atoms with Gasteiger partial charge in [-0.3, -0.25) is 18.3 Å². The molecular formula is C116H84N12. The van der Waals surface area contributed by atoms with E-state index < -0.39 is 0 Å². The lowest BCUT2D eigenvalue weighted by Gasteiger charge is -2.24. The van der Waals surface area contributed by atoms with Crippen molar-refractivity contribution in [2.75, 3.05) is 0 Å². The molecule has 608 valence electrons. The van der Waals surface area contributed by atoms with Crippen LogP contribution in [0.1, 0.15) is 99.9 Å². The van der Waals surface area contributed by atoms with E-state index in [1.165, 1.54) is 192 Å². The summed E-state index contributed by atoms with van der Waals surface area (Å²) >= 11 is 0. The second-order valence-corrected chi connectivity index (χ2v) is 36.5. The van der Waals surface area contributed by atoms with Gasteiger partial charge in [0.15, 0.2) is 0 Å². The van der Waals surface area contributed by atoms with Gasteiger partial charge < -0.3 is 0 Å². The zero-order chi connectivity index (χ0) is 85.8. The van der Waals surface area contributed by atoms with Crippen LogP contribution in [0.25, 0.3) is 199 Å². The van der Waals surface area contributed by atoms with Crippen LogP contribution in [0.2, 0.25) is 0 Å². The van der Waals surface area contributed by atoms with Gasteiger partial charge in [0.05, 0.1) is 44.1 Å². The summed E-state index contributed by atoms with van der Waals surface area (Å²) in [5, 5.41) is 20.2. The lowest BCUT2D eigenvalue weighted by atomic mass is 9.79. The van der Waals surface area contributed by atoms with Crippen molar-refractivity contribution in [2.24, 2.45) is 0 Å². The van der Waals surface area contributed by atoms with Crippen LogP contribution in [0.5, 0.6) is 0 Å². The Bertz CT molecular complexity index is 8770. The number of hydrogen-bond donors (Lipinski definition) is 0. The van der Waals surface area contributed by atoms with Crippen molar-refractivity contribution in [3.63, 3.8) is 0 Å². The first-order chi connectivity index (χ1) is 62.6. The molecule has 4 aliphatic rings. The molecule has 12 nitrogen and oxygen atoms in total. The second kappa shape index (κ2) is 27.8. The van der Waals surface area contributed by atoms with E-state index in [1.54, 1.807) is 0 Å². The van der Waals surface area contributed by atoms with Crippen LogP contribution < -0.4 is 0 Å². The van der Waals surface area contributed by atoms with E-state index in [0.29, 0.717) is 23.8 Å². The molecule has 4 aliphatic carbocycles. The highest BCUT2D eigenvalue weighted by molar-refractivity contribution is 6.29. The zero-order valence-electron chi connectivity index (χ0n) is 72.0. The van der Waals surface area contributed by atoms with Gasteiger partial charge in [-0.05, 0) is 193 Å².